The fourth-order valence-corrected chi connectivity index (χ4v) is 2.67. The maximum Gasteiger partial charge on any atom is 0.0659 e. The van der Waals surface area contributed by atoms with E-state index in [2.05, 4.69) is 41.4 Å². The fraction of sp³-hybridized carbons (Fsp3) is 0.263. The quantitative estimate of drug-likeness (QED) is 0.759. The van der Waals surface area contributed by atoms with Crippen molar-refractivity contribution >= 4 is 0 Å². The van der Waals surface area contributed by atoms with Gasteiger partial charge >= 0.3 is 0 Å². The Hall–Kier alpha value is -2.46. The van der Waals surface area contributed by atoms with Gasteiger partial charge in [-0.15, -0.1) is 0 Å². The molecule has 0 bridgehead atoms. The highest BCUT2D eigenvalue weighted by molar-refractivity contribution is 5.61. The van der Waals surface area contributed by atoms with Crippen LogP contribution >= 0.6 is 0 Å². The number of nitrogens with zero attached hydrogens (tertiary/aromatic N) is 3. The van der Waals surface area contributed by atoms with Gasteiger partial charge in [0.1, 0.15) is 0 Å². The minimum Gasteiger partial charge on any atom is -0.330 e. The third-order valence-electron chi connectivity index (χ3n) is 4.08. The van der Waals surface area contributed by atoms with Crippen molar-refractivity contribution in [3.63, 3.8) is 0 Å². The Kier molecular flexibility index (Phi) is 4.83. The number of rotatable bonds is 6. The molecule has 1 atom stereocenters. The Balaban J connectivity index is 1.79. The van der Waals surface area contributed by atoms with Crippen LogP contribution in [0.3, 0.4) is 0 Å². The zero-order valence-corrected chi connectivity index (χ0v) is 13.4. The van der Waals surface area contributed by atoms with Crippen LogP contribution in [0.25, 0.3) is 11.1 Å². The van der Waals surface area contributed by atoms with Crippen LogP contribution in [-0.2, 0) is 6.54 Å². The van der Waals surface area contributed by atoms with Gasteiger partial charge in [-0.1, -0.05) is 37.3 Å². The first kappa shape index (κ1) is 15.4. The van der Waals surface area contributed by atoms with Gasteiger partial charge in [-0.3, -0.25) is 9.67 Å². The molecule has 0 radical (unpaired) electrons. The highest BCUT2D eigenvalue weighted by Gasteiger charge is 2.08. The molecule has 2 aromatic heterocycles. The van der Waals surface area contributed by atoms with E-state index in [1.54, 1.807) is 0 Å². The molecule has 4 heteroatoms. The minimum absolute atomic E-state index is 0.423. The molecule has 23 heavy (non-hydrogen) atoms. The van der Waals surface area contributed by atoms with Gasteiger partial charge in [0.2, 0.25) is 0 Å². The van der Waals surface area contributed by atoms with Gasteiger partial charge in [-0.2, -0.15) is 5.10 Å². The molecule has 0 saturated heterocycles. The number of pyridine rings is 1. The normalized spacial score (nSPS) is 12.3. The summed E-state index contributed by atoms with van der Waals surface area (Å²) in [5.74, 6) is 0.423. The molecule has 2 heterocycles. The Bertz CT molecular complexity index is 749. The SMILES string of the molecule is CC(CCN)c1cncc(-c2cnn(Cc3ccccc3)c2)c1. The van der Waals surface area contributed by atoms with Crippen LogP contribution < -0.4 is 5.73 Å². The summed E-state index contributed by atoms with van der Waals surface area (Å²) < 4.78 is 1.96. The lowest BCUT2D eigenvalue weighted by molar-refractivity contribution is 0.686. The van der Waals surface area contributed by atoms with E-state index >= 15 is 0 Å². The Morgan fingerprint density at radius 2 is 1.91 bits per heavy atom. The van der Waals surface area contributed by atoms with Crippen LogP contribution in [0, 0.1) is 0 Å². The molecule has 2 N–H and O–H groups in total. The standard InChI is InChI=1S/C19H22N4/c1-15(7-8-20)17-9-18(11-21-10-17)19-12-22-23(14-19)13-16-5-3-2-4-6-16/h2-6,9-12,14-15H,7-8,13,20H2,1H3. The van der Waals surface area contributed by atoms with Crippen molar-refractivity contribution in [2.45, 2.75) is 25.8 Å². The summed E-state index contributed by atoms with van der Waals surface area (Å²) in [5, 5.41) is 4.47. The van der Waals surface area contributed by atoms with Gasteiger partial charge in [0, 0.05) is 29.7 Å². The maximum absolute atomic E-state index is 5.66. The van der Waals surface area contributed by atoms with Crippen LogP contribution in [-0.4, -0.2) is 21.3 Å². The van der Waals surface area contributed by atoms with Gasteiger partial charge in [0.05, 0.1) is 12.7 Å². The summed E-state index contributed by atoms with van der Waals surface area (Å²) in [4.78, 5) is 4.38. The highest BCUT2D eigenvalue weighted by Crippen LogP contribution is 2.24. The summed E-state index contributed by atoms with van der Waals surface area (Å²) in [7, 11) is 0. The lowest BCUT2D eigenvalue weighted by Gasteiger charge is -2.10. The molecule has 0 amide bonds. The second-order valence-electron chi connectivity index (χ2n) is 5.90. The number of hydrogen-bond acceptors (Lipinski definition) is 3. The Labute approximate surface area is 137 Å². The minimum atomic E-state index is 0.423. The van der Waals surface area contributed by atoms with E-state index in [1.165, 1.54) is 11.1 Å². The van der Waals surface area contributed by atoms with Crippen LogP contribution in [0.1, 0.15) is 30.4 Å². The van der Waals surface area contributed by atoms with Gasteiger partial charge in [-0.05, 0) is 36.1 Å². The molecule has 1 aromatic carbocycles. The molecule has 0 aliphatic heterocycles. The molecule has 3 rings (SSSR count). The summed E-state index contributed by atoms with van der Waals surface area (Å²) in [6.45, 7) is 3.66. The highest BCUT2D eigenvalue weighted by atomic mass is 15.3. The van der Waals surface area contributed by atoms with Crippen molar-refractivity contribution in [2.75, 3.05) is 6.54 Å². The van der Waals surface area contributed by atoms with Gasteiger partial charge in [0.15, 0.2) is 0 Å². The van der Waals surface area contributed by atoms with Gasteiger partial charge < -0.3 is 5.73 Å². The monoisotopic (exact) mass is 306 g/mol. The largest absolute Gasteiger partial charge is 0.330 e. The topological polar surface area (TPSA) is 56.7 Å². The zero-order valence-electron chi connectivity index (χ0n) is 13.4. The van der Waals surface area contributed by atoms with Crippen LogP contribution in [0.4, 0.5) is 0 Å². The molecule has 3 aromatic rings. The van der Waals surface area contributed by atoms with Gasteiger partial charge in [0.25, 0.3) is 0 Å². The van der Waals surface area contributed by atoms with Crippen molar-refractivity contribution < 1.29 is 0 Å². The van der Waals surface area contributed by atoms with Crippen molar-refractivity contribution in [1.82, 2.24) is 14.8 Å². The molecule has 4 nitrogen and oxygen atoms in total. The molecule has 0 aliphatic carbocycles. The van der Waals surface area contributed by atoms with Crippen molar-refractivity contribution in [3.8, 4) is 11.1 Å². The number of benzene rings is 1. The lowest BCUT2D eigenvalue weighted by atomic mass is 9.97. The third kappa shape index (κ3) is 3.85. The average molecular weight is 306 g/mol. The Morgan fingerprint density at radius 1 is 1.09 bits per heavy atom. The summed E-state index contributed by atoms with van der Waals surface area (Å²) in [6.07, 6.45) is 8.76. The van der Waals surface area contributed by atoms with E-state index < -0.39 is 0 Å². The first-order chi connectivity index (χ1) is 11.3. The van der Waals surface area contributed by atoms with E-state index in [0.29, 0.717) is 12.5 Å². The summed E-state index contributed by atoms with van der Waals surface area (Å²) >= 11 is 0. The number of hydrogen-bond donors (Lipinski definition) is 1. The number of aromatic nitrogens is 3. The van der Waals surface area contributed by atoms with E-state index in [1.807, 2.05) is 41.5 Å². The predicted octanol–water partition coefficient (Wildman–Crippen LogP) is 3.45. The third-order valence-corrected chi connectivity index (χ3v) is 4.08. The average Bonchev–Trinajstić information content (AvgIpc) is 3.05. The lowest BCUT2D eigenvalue weighted by Crippen LogP contribution is -2.04. The van der Waals surface area contributed by atoms with Crippen LogP contribution in [0.5, 0.6) is 0 Å². The van der Waals surface area contributed by atoms with Crippen LogP contribution in [0.2, 0.25) is 0 Å². The summed E-state index contributed by atoms with van der Waals surface area (Å²) in [5.41, 5.74) is 10.3. The van der Waals surface area contributed by atoms with E-state index in [0.717, 1.165) is 24.1 Å². The van der Waals surface area contributed by atoms with Crippen molar-refractivity contribution in [1.29, 1.82) is 0 Å². The fourth-order valence-electron chi connectivity index (χ4n) is 2.67. The van der Waals surface area contributed by atoms with Gasteiger partial charge in [-0.25, -0.2) is 0 Å². The Morgan fingerprint density at radius 3 is 2.70 bits per heavy atom. The first-order valence-electron chi connectivity index (χ1n) is 7.98. The maximum atomic E-state index is 5.66. The molecule has 0 saturated carbocycles. The zero-order chi connectivity index (χ0) is 16.1. The van der Waals surface area contributed by atoms with Crippen molar-refractivity contribution in [2.24, 2.45) is 5.73 Å². The second-order valence-corrected chi connectivity index (χ2v) is 5.90. The first-order valence-corrected chi connectivity index (χ1v) is 7.98. The predicted molar refractivity (Wildman–Crippen MR) is 93.1 cm³/mol. The van der Waals surface area contributed by atoms with E-state index in [9.17, 15) is 0 Å². The molecule has 0 fully saturated rings. The molecular weight excluding hydrogens is 284 g/mol. The molecule has 118 valence electrons. The number of nitrogens with two attached hydrogens (primary N) is 1. The van der Waals surface area contributed by atoms with Crippen LogP contribution in [0.15, 0.2) is 61.2 Å². The van der Waals surface area contributed by atoms with E-state index in [-0.39, 0.29) is 0 Å². The molecule has 0 aliphatic rings. The summed E-state index contributed by atoms with van der Waals surface area (Å²) in [6, 6.07) is 12.5. The second kappa shape index (κ2) is 7.20. The molecular formula is C19H22N4. The molecule has 0 spiro atoms. The smallest absolute Gasteiger partial charge is 0.0659 e. The molecule has 1 unspecified atom stereocenters. The van der Waals surface area contributed by atoms with E-state index in [4.69, 9.17) is 5.73 Å². The van der Waals surface area contributed by atoms with Crippen molar-refractivity contribution in [3.05, 3.63) is 72.3 Å².